The van der Waals surface area contributed by atoms with Crippen molar-refractivity contribution in [2.75, 3.05) is 0 Å². The third-order valence-corrected chi connectivity index (χ3v) is 4.60. The second kappa shape index (κ2) is 13.2. The van der Waals surface area contributed by atoms with Crippen LogP contribution in [0, 0.1) is 0 Å². The first-order valence-electron chi connectivity index (χ1n) is 12.9. The van der Waals surface area contributed by atoms with Crippen LogP contribution in [0.25, 0.3) is 21.8 Å². The lowest BCUT2D eigenvalue weighted by Gasteiger charge is -2.20. The second-order valence-corrected chi connectivity index (χ2v) is 11.8. The molecule has 0 aliphatic carbocycles. The summed E-state index contributed by atoms with van der Waals surface area (Å²) >= 11 is 0. The van der Waals surface area contributed by atoms with Gasteiger partial charge in [0, 0.05) is 23.3 Å². The Labute approximate surface area is 235 Å². The molecule has 1 N–H and O–H groups in total. The van der Waals surface area contributed by atoms with Crippen LogP contribution < -0.4 is 0 Å². The van der Waals surface area contributed by atoms with Gasteiger partial charge in [0.1, 0.15) is 16.8 Å². The summed E-state index contributed by atoms with van der Waals surface area (Å²) in [6.45, 7) is 15.6. The van der Waals surface area contributed by atoms with E-state index in [0.717, 1.165) is 10.9 Å². The third-order valence-electron chi connectivity index (χ3n) is 4.60. The van der Waals surface area contributed by atoms with Gasteiger partial charge >= 0.3 is 18.4 Å². The van der Waals surface area contributed by atoms with Crippen molar-refractivity contribution >= 4 is 40.2 Å². The summed E-state index contributed by atoms with van der Waals surface area (Å²) in [5.41, 5.74) is 0.218. The van der Waals surface area contributed by atoms with E-state index in [9.17, 15) is 14.4 Å². The molecule has 216 valence electrons. The molecule has 40 heavy (non-hydrogen) atoms. The lowest BCUT2D eigenvalue weighted by Crippen LogP contribution is -2.29. The summed E-state index contributed by atoms with van der Waals surface area (Å²) < 4.78 is 20.6. The molecule has 0 unspecified atom stereocenters. The number of H-pyrrole nitrogens is 1. The minimum Gasteiger partial charge on any atom is -0.443 e. The summed E-state index contributed by atoms with van der Waals surface area (Å²) in [6, 6.07) is 19.9. The van der Waals surface area contributed by atoms with Gasteiger partial charge in [-0.25, -0.2) is 14.4 Å². The molecule has 0 fully saturated rings. The Balaban J connectivity index is 0.000000217. The number of nitrogens with zero attached hydrogens (tertiary/aromatic N) is 1. The van der Waals surface area contributed by atoms with Gasteiger partial charge in [-0.1, -0.05) is 36.4 Å². The standard InChI is InChI=1S/C13H15NO2.C10H18O5.C8H7N/c1-13(2,3)16-12(15)14-9-8-10-6-4-5-7-11(10)14;1-9(2,3)14-7(11)13-8(12)15-10(4,5)6;1-2-4-8-7(3-1)5-6-9-8/h4-9H,1-3H3;1-6H3;1-6,9H. The molecular formula is C31H40N2O7. The number of hydrogen-bond donors (Lipinski definition) is 1. The number of carbonyl (C=O) groups excluding carboxylic acids is 3. The summed E-state index contributed by atoms with van der Waals surface area (Å²) in [4.78, 5) is 37.0. The van der Waals surface area contributed by atoms with Gasteiger partial charge in [0.15, 0.2) is 0 Å². The Kier molecular flexibility index (Phi) is 10.5. The van der Waals surface area contributed by atoms with Crippen LogP contribution >= 0.6 is 0 Å². The molecule has 0 atom stereocenters. The number of para-hydroxylation sites is 2. The first-order chi connectivity index (χ1) is 18.4. The van der Waals surface area contributed by atoms with Crippen LogP contribution in [0.2, 0.25) is 0 Å². The van der Waals surface area contributed by atoms with Crippen LogP contribution in [0.3, 0.4) is 0 Å². The maximum atomic E-state index is 11.9. The van der Waals surface area contributed by atoms with E-state index < -0.39 is 29.1 Å². The molecule has 0 saturated heterocycles. The van der Waals surface area contributed by atoms with Crippen LogP contribution in [-0.2, 0) is 18.9 Å². The van der Waals surface area contributed by atoms with Gasteiger partial charge in [-0.05, 0) is 92.0 Å². The highest BCUT2D eigenvalue weighted by molar-refractivity contribution is 5.89. The van der Waals surface area contributed by atoms with E-state index >= 15 is 0 Å². The summed E-state index contributed by atoms with van der Waals surface area (Å²) in [5, 5.41) is 2.31. The van der Waals surface area contributed by atoms with Gasteiger partial charge in [-0.3, -0.25) is 4.57 Å². The van der Waals surface area contributed by atoms with Gasteiger partial charge in [-0.2, -0.15) is 0 Å². The fraction of sp³-hybridized carbons (Fsp3) is 0.387. The number of hydrogen-bond acceptors (Lipinski definition) is 7. The Morgan fingerprint density at radius 2 is 1.12 bits per heavy atom. The van der Waals surface area contributed by atoms with E-state index in [1.807, 2.05) is 69.4 Å². The highest BCUT2D eigenvalue weighted by Crippen LogP contribution is 2.17. The highest BCUT2D eigenvalue weighted by Gasteiger charge is 2.24. The van der Waals surface area contributed by atoms with Crippen LogP contribution in [0.1, 0.15) is 62.3 Å². The number of fused-ring (bicyclic) bond motifs is 2. The van der Waals surface area contributed by atoms with E-state index in [0.29, 0.717) is 0 Å². The lowest BCUT2D eigenvalue weighted by atomic mass is 10.2. The molecule has 4 aromatic rings. The van der Waals surface area contributed by atoms with Crippen LogP contribution in [-0.4, -0.2) is 44.8 Å². The van der Waals surface area contributed by atoms with Crippen molar-refractivity contribution in [1.82, 2.24) is 9.55 Å². The summed E-state index contributed by atoms with van der Waals surface area (Å²) in [5.74, 6) is 0. The van der Waals surface area contributed by atoms with Gasteiger partial charge in [0.2, 0.25) is 0 Å². The topological polar surface area (TPSA) is 109 Å². The first-order valence-corrected chi connectivity index (χ1v) is 12.9. The predicted molar refractivity (Wildman–Crippen MR) is 155 cm³/mol. The predicted octanol–water partition coefficient (Wildman–Crippen LogP) is 8.47. The Morgan fingerprint density at radius 3 is 1.65 bits per heavy atom. The zero-order valence-corrected chi connectivity index (χ0v) is 24.7. The fourth-order valence-corrected chi connectivity index (χ4v) is 3.16. The van der Waals surface area contributed by atoms with Crippen molar-refractivity contribution in [2.45, 2.75) is 79.1 Å². The van der Waals surface area contributed by atoms with Crippen molar-refractivity contribution in [3.05, 3.63) is 73.1 Å². The summed E-state index contributed by atoms with van der Waals surface area (Å²) in [7, 11) is 0. The van der Waals surface area contributed by atoms with Gasteiger partial charge in [0.25, 0.3) is 0 Å². The SMILES string of the molecule is CC(C)(C)OC(=O)OC(=O)OC(C)(C)C.CC(C)(C)OC(=O)n1ccc2ccccc21.c1ccc2[nH]ccc2c1. The molecule has 0 radical (unpaired) electrons. The number of rotatable bonds is 0. The number of nitrogens with one attached hydrogen (secondary N) is 1. The fourth-order valence-electron chi connectivity index (χ4n) is 3.16. The molecule has 9 nitrogen and oxygen atoms in total. The van der Waals surface area contributed by atoms with Gasteiger partial charge < -0.3 is 23.9 Å². The molecule has 0 amide bonds. The van der Waals surface area contributed by atoms with Crippen LogP contribution in [0.4, 0.5) is 14.4 Å². The van der Waals surface area contributed by atoms with E-state index in [-0.39, 0.29) is 6.09 Å². The molecule has 2 aromatic carbocycles. The van der Waals surface area contributed by atoms with Crippen molar-refractivity contribution in [3.8, 4) is 0 Å². The van der Waals surface area contributed by atoms with E-state index in [2.05, 4.69) is 27.9 Å². The Morgan fingerprint density at radius 1 is 0.625 bits per heavy atom. The van der Waals surface area contributed by atoms with E-state index in [4.69, 9.17) is 14.2 Å². The minimum absolute atomic E-state index is 0.339. The summed E-state index contributed by atoms with van der Waals surface area (Å²) in [6.07, 6.45) is 1.23. The number of aromatic nitrogens is 2. The molecule has 0 bridgehead atoms. The highest BCUT2D eigenvalue weighted by atomic mass is 16.8. The van der Waals surface area contributed by atoms with E-state index in [1.54, 1.807) is 47.7 Å². The Bertz CT molecular complexity index is 1360. The van der Waals surface area contributed by atoms with Gasteiger partial charge in [-0.15, -0.1) is 0 Å². The molecule has 0 aliphatic rings. The average molecular weight is 553 g/mol. The number of carbonyl (C=O) groups is 3. The van der Waals surface area contributed by atoms with E-state index in [1.165, 1.54) is 15.5 Å². The lowest BCUT2D eigenvalue weighted by molar-refractivity contribution is -0.0294. The normalized spacial score (nSPS) is 11.4. The van der Waals surface area contributed by atoms with Gasteiger partial charge in [0.05, 0.1) is 5.52 Å². The van der Waals surface area contributed by atoms with Crippen molar-refractivity contribution < 1.29 is 33.3 Å². The third kappa shape index (κ3) is 11.6. The largest absolute Gasteiger partial charge is 0.519 e. The molecule has 0 saturated carbocycles. The average Bonchev–Trinajstić information content (AvgIpc) is 3.43. The maximum Gasteiger partial charge on any atom is 0.519 e. The monoisotopic (exact) mass is 552 g/mol. The molecule has 0 aliphatic heterocycles. The number of ether oxygens (including phenoxy) is 4. The second-order valence-electron chi connectivity index (χ2n) is 11.8. The zero-order valence-electron chi connectivity index (χ0n) is 24.7. The van der Waals surface area contributed by atoms with Crippen LogP contribution in [0.5, 0.6) is 0 Å². The number of aromatic amines is 1. The minimum atomic E-state index is -1.06. The van der Waals surface area contributed by atoms with Crippen molar-refractivity contribution in [2.24, 2.45) is 0 Å². The molecule has 0 spiro atoms. The quantitative estimate of drug-likeness (QED) is 0.132. The first kappa shape index (κ1) is 31.9. The molecular weight excluding hydrogens is 512 g/mol. The smallest absolute Gasteiger partial charge is 0.443 e. The number of benzene rings is 2. The molecule has 4 rings (SSSR count). The van der Waals surface area contributed by atoms with Crippen molar-refractivity contribution in [3.63, 3.8) is 0 Å². The maximum absolute atomic E-state index is 11.9. The molecule has 9 heteroatoms. The van der Waals surface area contributed by atoms with Crippen molar-refractivity contribution in [1.29, 1.82) is 0 Å². The molecule has 2 heterocycles. The molecule has 2 aromatic heterocycles. The van der Waals surface area contributed by atoms with Crippen LogP contribution in [0.15, 0.2) is 73.1 Å². The zero-order chi connectivity index (χ0) is 30.1. The Hall–Kier alpha value is -4.27.